The van der Waals surface area contributed by atoms with Gasteiger partial charge in [0, 0.05) is 5.56 Å². The molecule has 0 bridgehead atoms. The van der Waals surface area contributed by atoms with Gasteiger partial charge < -0.3 is 0 Å². The molecule has 1 aromatic rings. The van der Waals surface area contributed by atoms with E-state index in [1.165, 1.54) is 0 Å². The third-order valence-corrected chi connectivity index (χ3v) is 1.56. The van der Waals surface area contributed by atoms with Crippen LogP contribution in [0.4, 0.5) is 0 Å². The molecule has 4 nitrogen and oxygen atoms in total. The number of hydrogen-bond donors (Lipinski definition) is 2. The van der Waals surface area contributed by atoms with Crippen LogP contribution in [-0.4, -0.2) is 12.3 Å². The van der Waals surface area contributed by atoms with Gasteiger partial charge in [0.15, 0.2) is 0 Å². The normalized spacial score (nSPS) is 9.00. The van der Waals surface area contributed by atoms with Crippen LogP contribution in [0.25, 0.3) is 0 Å². The summed E-state index contributed by atoms with van der Waals surface area (Å²) in [5.74, 6) is -0.327. The van der Waals surface area contributed by atoms with E-state index in [9.17, 15) is 9.59 Å². The molecular formula is C9H10N2O2. The molecule has 0 saturated carbocycles. The van der Waals surface area contributed by atoms with Gasteiger partial charge in [0.25, 0.3) is 5.91 Å². The molecule has 4 heteroatoms. The van der Waals surface area contributed by atoms with Crippen LogP contribution in [0.1, 0.15) is 15.9 Å². The lowest BCUT2D eigenvalue weighted by molar-refractivity contribution is -0.110. The van der Waals surface area contributed by atoms with E-state index in [0.717, 1.165) is 5.56 Å². The Morgan fingerprint density at radius 3 is 2.46 bits per heavy atom. The quantitative estimate of drug-likeness (QED) is 0.519. The third kappa shape index (κ3) is 2.59. The minimum Gasteiger partial charge on any atom is -0.277 e. The fraction of sp³-hybridized carbons (Fsp3) is 0.111. The van der Waals surface area contributed by atoms with Crippen molar-refractivity contribution >= 4 is 12.3 Å². The molecule has 0 fully saturated rings. The van der Waals surface area contributed by atoms with Crippen molar-refractivity contribution in [3.8, 4) is 0 Å². The molecule has 13 heavy (non-hydrogen) atoms. The van der Waals surface area contributed by atoms with Crippen LogP contribution >= 0.6 is 0 Å². The minimum atomic E-state index is -0.327. The highest BCUT2D eigenvalue weighted by Gasteiger charge is 2.02. The Labute approximate surface area is 75.9 Å². The topological polar surface area (TPSA) is 58.2 Å². The zero-order valence-electron chi connectivity index (χ0n) is 7.20. The van der Waals surface area contributed by atoms with Crippen LogP contribution in [0.15, 0.2) is 24.3 Å². The van der Waals surface area contributed by atoms with Crippen LogP contribution in [0, 0.1) is 6.92 Å². The number of hydrogen-bond acceptors (Lipinski definition) is 2. The molecule has 1 aromatic carbocycles. The fourth-order valence-corrected chi connectivity index (χ4v) is 0.872. The first-order valence-corrected chi connectivity index (χ1v) is 3.80. The van der Waals surface area contributed by atoms with Gasteiger partial charge in [-0.05, 0) is 19.1 Å². The van der Waals surface area contributed by atoms with Crippen molar-refractivity contribution < 1.29 is 9.59 Å². The third-order valence-electron chi connectivity index (χ3n) is 1.56. The number of carbonyl (C=O) groups excluding carboxylic acids is 2. The molecule has 0 aromatic heterocycles. The summed E-state index contributed by atoms with van der Waals surface area (Å²) in [4.78, 5) is 21.1. The molecule has 0 spiro atoms. The summed E-state index contributed by atoms with van der Waals surface area (Å²) in [7, 11) is 0. The molecular weight excluding hydrogens is 168 g/mol. The van der Waals surface area contributed by atoms with E-state index >= 15 is 0 Å². The van der Waals surface area contributed by atoms with E-state index in [0.29, 0.717) is 12.0 Å². The summed E-state index contributed by atoms with van der Waals surface area (Å²) in [6.07, 6.45) is 0.409. The van der Waals surface area contributed by atoms with Crippen LogP contribution in [0.3, 0.4) is 0 Å². The Bertz CT molecular complexity index is 306. The van der Waals surface area contributed by atoms with Crippen LogP contribution in [0.2, 0.25) is 0 Å². The zero-order chi connectivity index (χ0) is 9.68. The Hall–Kier alpha value is -1.84. The molecule has 2 N–H and O–H groups in total. The van der Waals surface area contributed by atoms with Gasteiger partial charge in [0.2, 0.25) is 6.41 Å². The molecule has 68 valence electrons. The zero-order valence-corrected chi connectivity index (χ0v) is 7.20. The minimum absolute atomic E-state index is 0.327. The second kappa shape index (κ2) is 4.25. The van der Waals surface area contributed by atoms with E-state index in [-0.39, 0.29) is 5.91 Å². The van der Waals surface area contributed by atoms with E-state index < -0.39 is 0 Å². The van der Waals surface area contributed by atoms with Gasteiger partial charge >= 0.3 is 0 Å². The van der Waals surface area contributed by atoms with Crippen LogP contribution < -0.4 is 10.9 Å². The van der Waals surface area contributed by atoms with Crippen molar-refractivity contribution in [3.05, 3.63) is 35.4 Å². The highest BCUT2D eigenvalue weighted by atomic mass is 16.2. The Balaban J connectivity index is 2.66. The van der Waals surface area contributed by atoms with E-state index in [1.807, 2.05) is 19.1 Å². The van der Waals surface area contributed by atoms with Crippen molar-refractivity contribution in [1.29, 1.82) is 0 Å². The largest absolute Gasteiger partial charge is 0.277 e. The summed E-state index contributed by atoms with van der Waals surface area (Å²) in [6, 6.07) is 7.04. The summed E-state index contributed by atoms with van der Waals surface area (Å²) in [5.41, 5.74) is 5.89. The first-order chi connectivity index (χ1) is 6.24. The summed E-state index contributed by atoms with van der Waals surface area (Å²) >= 11 is 0. The van der Waals surface area contributed by atoms with E-state index in [4.69, 9.17) is 0 Å². The molecule has 1 rings (SSSR count). The lowest BCUT2D eigenvalue weighted by Crippen LogP contribution is -2.36. The maximum atomic E-state index is 11.2. The van der Waals surface area contributed by atoms with Gasteiger partial charge in [-0.15, -0.1) is 0 Å². The van der Waals surface area contributed by atoms with Gasteiger partial charge in [-0.3, -0.25) is 20.4 Å². The Morgan fingerprint density at radius 2 is 1.92 bits per heavy atom. The van der Waals surface area contributed by atoms with Crippen molar-refractivity contribution in [2.24, 2.45) is 0 Å². The van der Waals surface area contributed by atoms with Crippen molar-refractivity contribution in [3.63, 3.8) is 0 Å². The highest BCUT2D eigenvalue weighted by molar-refractivity contribution is 5.94. The fourth-order valence-electron chi connectivity index (χ4n) is 0.872. The molecule has 0 unspecified atom stereocenters. The van der Waals surface area contributed by atoms with Gasteiger partial charge in [-0.2, -0.15) is 0 Å². The number of hydrazine groups is 1. The summed E-state index contributed by atoms with van der Waals surface area (Å²) < 4.78 is 0. The van der Waals surface area contributed by atoms with Crippen LogP contribution in [0.5, 0.6) is 0 Å². The molecule has 0 aliphatic rings. The van der Waals surface area contributed by atoms with E-state index in [1.54, 1.807) is 12.1 Å². The molecule has 0 heterocycles. The number of carbonyl (C=O) groups is 2. The lowest BCUT2D eigenvalue weighted by Gasteiger charge is -2.02. The maximum Gasteiger partial charge on any atom is 0.269 e. The Kier molecular flexibility index (Phi) is 3.03. The second-order valence-electron chi connectivity index (χ2n) is 2.58. The van der Waals surface area contributed by atoms with E-state index in [2.05, 4.69) is 10.9 Å². The highest BCUT2D eigenvalue weighted by Crippen LogP contribution is 2.01. The van der Waals surface area contributed by atoms with Gasteiger partial charge in [-0.1, -0.05) is 17.7 Å². The predicted octanol–water partition coefficient (Wildman–Crippen LogP) is 0.386. The van der Waals surface area contributed by atoms with Crippen molar-refractivity contribution in [1.82, 2.24) is 10.9 Å². The maximum absolute atomic E-state index is 11.2. The summed E-state index contributed by atoms with van der Waals surface area (Å²) in [6.45, 7) is 1.94. The molecule has 0 radical (unpaired) electrons. The lowest BCUT2D eigenvalue weighted by atomic mass is 10.1. The molecule has 2 amide bonds. The number of aryl methyl sites for hydroxylation is 1. The first kappa shape index (κ1) is 9.25. The molecule has 0 aliphatic carbocycles. The molecule has 0 saturated heterocycles. The average Bonchev–Trinajstić information content (AvgIpc) is 2.15. The van der Waals surface area contributed by atoms with Crippen LogP contribution in [-0.2, 0) is 4.79 Å². The first-order valence-electron chi connectivity index (χ1n) is 3.80. The van der Waals surface area contributed by atoms with Gasteiger partial charge in [-0.25, -0.2) is 0 Å². The number of rotatable bonds is 3. The van der Waals surface area contributed by atoms with Crippen molar-refractivity contribution in [2.75, 3.05) is 0 Å². The SMILES string of the molecule is Cc1ccc(C(=O)NNC=O)cc1. The number of benzene rings is 1. The smallest absolute Gasteiger partial charge is 0.269 e. The number of amides is 2. The van der Waals surface area contributed by atoms with Gasteiger partial charge in [0.1, 0.15) is 0 Å². The summed E-state index contributed by atoms with van der Waals surface area (Å²) in [5, 5.41) is 0. The Morgan fingerprint density at radius 1 is 1.31 bits per heavy atom. The predicted molar refractivity (Wildman–Crippen MR) is 47.8 cm³/mol. The molecule has 0 aliphatic heterocycles. The molecule has 0 atom stereocenters. The second-order valence-corrected chi connectivity index (χ2v) is 2.58. The average molecular weight is 178 g/mol. The monoisotopic (exact) mass is 178 g/mol. The van der Waals surface area contributed by atoms with Gasteiger partial charge in [0.05, 0.1) is 0 Å². The standard InChI is InChI=1S/C9H10N2O2/c1-7-2-4-8(5-3-7)9(13)11-10-6-12/h2-6H,1H3,(H,10,12)(H,11,13). The van der Waals surface area contributed by atoms with Crippen molar-refractivity contribution in [2.45, 2.75) is 6.92 Å². The number of nitrogens with one attached hydrogen (secondary N) is 2.